The van der Waals surface area contributed by atoms with Crippen LogP contribution in [0.4, 0.5) is 11.4 Å². The Morgan fingerprint density at radius 3 is 2.28 bits per heavy atom. The summed E-state index contributed by atoms with van der Waals surface area (Å²) in [6.45, 7) is 0.831. The summed E-state index contributed by atoms with van der Waals surface area (Å²) in [4.78, 5) is 10.2. The van der Waals surface area contributed by atoms with Crippen molar-refractivity contribution >= 4 is 21.4 Å². The number of rotatable bonds is 4. The normalized spacial score (nSPS) is 16.6. The summed E-state index contributed by atoms with van der Waals surface area (Å²) in [6, 6.07) is 12.7. The molecule has 7 nitrogen and oxygen atoms in total. The Hall–Kier alpha value is -2.45. The first-order chi connectivity index (χ1) is 11.9. The summed E-state index contributed by atoms with van der Waals surface area (Å²) in [5, 5.41) is 10.7. The molecule has 3 rings (SSSR count). The summed E-state index contributed by atoms with van der Waals surface area (Å²) in [6.07, 6.45) is 1.44. The van der Waals surface area contributed by atoms with Crippen molar-refractivity contribution < 1.29 is 13.3 Å². The van der Waals surface area contributed by atoms with Crippen LogP contribution in [0.2, 0.25) is 0 Å². The summed E-state index contributed by atoms with van der Waals surface area (Å²) in [5.41, 5.74) is 7.53. The van der Waals surface area contributed by atoms with E-state index in [1.807, 2.05) is 24.3 Å². The van der Waals surface area contributed by atoms with E-state index in [9.17, 15) is 18.5 Å². The summed E-state index contributed by atoms with van der Waals surface area (Å²) >= 11 is 0. The number of non-ortho nitro benzene ring substituents is 1. The highest BCUT2D eigenvalue weighted by Gasteiger charge is 2.30. The Morgan fingerprint density at radius 2 is 1.72 bits per heavy atom. The molecule has 25 heavy (non-hydrogen) atoms. The number of nitrogens with zero attached hydrogens (tertiary/aromatic N) is 2. The molecule has 1 saturated heterocycles. The molecular weight excluding hydrogens is 342 g/mol. The molecule has 1 heterocycles. The highest BCUT2D eigenvalue weighted by Crippen LogP contribution is 2.31. The topological polar surface area (TPSA) is 107 Å². The molecule has 1 aliphatic heterocycles. The average Bonchev–Trinajstić information content (AvgIpc) is 2.62. The van der Waals surface area contributed by atoms with Gasteiger partial charge in [-0.15, -0.1) is 0 Å². The van der Waals surface area contributed by atoms with E-state index < -0.39 is 14.9 Å². The molecule has 8 heteroatoms. The van der Waals surface area contributed by atoms with Gasteiger partial charge in [-0.25, -0.2) is 8.42 Å². The molecule has 0 radical (unpaired) electrons. The molecule has 2 N–H and O–H groups in total. The molecule has 0 bridgehead atoms. The SMILES string of the molecule is Nc1cccc(C2CCN(S(=O)(=O)c3ccc([N+](=O)[O-])cc3)CC2)c1. The van der Waals surface area contributed by atoms with Crippen LogP contribution >= 0.6 is 0 Å². The lowest BCUT2D eigenvalue weighted by molar-refractivity contribution is -0.384. The van der Waals surface area contributed by atoms with E-state index in [-0.39, 0.29) is 16.5 Å². The van der Waals surface area contributed by atoms with Crippen LogP contribution in [0.1, 0.15) is 24.3 Å². The van der Waals surface area contributed by atoms with Gasteiger partial charge in [-0.3, -0.25) is 10.1 Å². The highest BCUT2D eigenvalue weighted by molar-refractivity contribution is 7.89. The van der Waals surface area contributed by atoms with Crippen molar-refractivity contribution in [1.82, 2.24) is 4.31 Å². The molecule has 0 spiro atoms. The number of nitrogens with two attached hydrogens (primary N) is 1. The average molecular weight is 361 g/mol. The van der Waals surface area contributed by atoms with E-state index in [4.69, 9.17) is 5.73 Å². The third kappa shape index (κ3) is 3.64. The van der Waals surface area contributed by atoms with Crippen molar-refractivity contribution in [2.45, 2.75) is 23.7 Å². The second-order valence-corrected chi connectivity index (χ2v) is 8.04. The van der Waals surface area contributed by atoms with E-state index in [1.54, 1.807) is 0 Å². The molecule has 1 fully saturated rings. The molecule has 0 aromatic heterocycles. The molecule has 0 aliphatic carbocycles. The predicted octanol–water partition coefficient (Wildman–Crippen LogP) is 2.75. The van der Waals surface area contributed by atoms with Gasteiger partial charge < -0.3 is 5.73 Å². The molecule has 132 valence electrons. The van der Waals surface area contributed by atoms with Crippen molar-refractivity contribution in [2.24, 2.45) is 0 Å². The van der Waals surface area contributed by atoms with E-state index in [0.29, 0.717) is 18.8 Å². The molecule has 0 saturated carbocycles. The van der Waals surface area contributed by atoms with Crippen LogP contribution < -0.4 is 5.73 Å². The minimum atomic E-state index is -3.63. The lowest BCUT2D eigenvalue weighted by Crippen LogP contribution is -2.37. The standard InChI is InChI=1S/C17H19N3O4S/c18-15-3-1-2-14(12-15)13-8-10-19(11-9-13)25(23,24)17-6-4-16(5-7-17)20(21)22/h1-7,12-13H,8-11,18H2. The maximum Gasteiger partial charge on any atom is 0.269 e. The van der Waals surface area contributed by atoms with Gasteiger partial charge in [0.1, 0.15) is 0 Å². The molecule has 0 amide bonds. The largest absolute Gasteiger partial charge is 0.399 e. The van der Waals surface area contributed by atoms with Crippen LogP contribution in [0.25, 0.3) is 0 Å². The Kier molecular flexibility index (Phi) is 4.73. The van der Waals surface area contributed by atoms with Crippen LogP contribution in [-0.4, -0.2) is 30.7 Å². The number of piperidine rings is 1. The number of nitro benzene ring substituents is 1. The van der Waals surface area contributed by atoms with Gasteiger partial charge in [-0.05, 0) is 48.6 Å². The van der Waals surface area contributed by atoms with E-state index >= 15 is 0 Å². The lowest BCUT2D eigenvalue weighted by atomic mass is 9.90. The van der Waals surface area contributed by atoms with Gasteiger partial charge in [0.15, 0.2) is 0 Å². The van der Waals surface area contributed by atoms with Crippen molar-refractivity contribution in [3.63, 3.8) is 0 Å². The van der Waals surface area contributed by atoms with Crippen molar-refractivity contribution in [1.29, 1.82) is 0 Å². The molecule has 2 aromatic rings. The fourth-order valence-corrected chi connectivity index (χ4v) is 4.60. The number of nitrogen functional groups attached to an aromatic ring is 1. The van der Waals surface area contributed by atoms with Gasteiger partial charge in [0.2, 0.25) is 10.0 Å². The van der Waals surface area contributed by atoms with Gasteiger partial charge in [0, 0.05) is 30.9 Å². The molecule has 0 atom stereocenters. The first-order valence-electron chi connectivity index (χ1n) is 7.98. The third-order valence-electron chi connectivity index (χ3n) is 4.52. The summed E-state index contributed by atoms with van der Waals surface area (Å²) in [5.74, 6) is 0.284. The van der Waals surface area contributed by atoms with Crippen molar-refractivity contribution in [2.75, 3.05) is 18.8 Å². The molecular formula is C17H19N3O4S. The van der Waals surface area contributed by atoms with Gasteiger partial charge in [-0.2, -0.15) is 4.31 Å². The number of hydrogen-bond donors (Lipinski definition) is 1. The Balaban J connectivity index is 1.72. The van der Waals surface area contributed by atoms with Gasteiger partial charge in [0.25, 0.3) is 5.69 Å². The van der Waals surface area contributed by atoms with E-state index in [0.717, 1.165) is 18.4 Å². The lowest BCUT2D eigenvalue weighted by Gasteiger charge is -2.31. The second-order valence-electron chi connectivity index (χ2n) is 6.10. The predicted molar refractivity (Wildman–Crippen MR) is 94.7 cm³/mol. The number of benzene rings is 2. The highest BCUT2D eigenvalue weighted by atomic mass is 32.2. The monoisotopic (exact) mass is 361 g/mol. The van der Waals surface area contributed by atoms with Crippen LogP contribution in [-0.2, 0) is 10.0 Å². The zero-order chi connectivity index (χ0) is 18.0. The van der Waals surface area contributed by atoms with Gasteiger partial charge >= 0.3 is 0 Å². The zero-order valence-electron chi connectivity index (χ0n) is 13.5. The molecule has 0 unspecified atom stereocenters. The maximum absolute atomic E-state index is 12.7. The first-order valence-corrected chi connectivity index (χ1v) is 9.42. The quantitative estimate of drug-likeness (QED) is 0.512. The van der Waals surface area contributed by atoms with Gasteiger partial charge in [0.05, 0.1) is 9.82 Å². The van der Waals surface area contributed by atoms with E-state index in [2.05, 4.69) is 0 Å². The van der Waals surface area contributed by atoms with Crippen molar-refractivity contribution in [3.05, 3.63) is 64.2 Å². The summed E-state index contributed by atoms with van der Waals surface area (Å²) in [7, 11) is -3.63. The maximum atomic E-state index is 12.7. The third-order valence-corrected chi connectivity index (χ3v) is 6.43. The van der Waals surface area contributed by atoms with Crippen LogP contribution in [0.5, 0.6) is 0 Å². The number of sulfonamides is 1. The molecule has 1 aliphatic rings. The minimum absolute atomic E-state index is 0.0838. The number of hydrogen-bond acceptors (Lipinski definition) is 5. The minimum Gasteiger partial charge on any atom is -0.399 e. The van der Waals surface area contributed by atoms with Crippen LogP contribution in [0, 0.1) is 10.1 Å². The Labute approximate surface area is 146 Å². The zero-order valence-corrected chi connectivity index (χ0v) is 14.4. The van der Waals surface area contributed by atoms with Crippen LogP contribution in [0.3, 0.4) is 0 Å². The smallest absolute Gasteiger partial charge is 0.269 e. The Bertz CT molecular complexity index is 873. The number of anilines is 1. The molecule has 2 aromatic carbocycles. The Morgan fingerprint density at radius 1 is 1.08 bits per heavy atom. The number of nitro groups is 1. The fraction of sp³-hybridized carbons (Fsp3) is 0.294. The first kappa shape index (κ1) is 17.4. The van der Waals surface area contributed by atoms with Gasteiger partial charge in [-0.1, -0.05) is 12.1 Å². The fourth-order valence-electron chi connectivity index (χ4n) is 3.13. The van der Waals surface area contributed by atoms with Crippen LogP contribution in [0.15, 0.2) is 53.4 Å². The van der Waals surface area contributed by atoms with Crippen molar-refractivity contribution in [3.8, 4) is 0 Å². The van der Waals surface area contributed by atoms with E-state index in [1.165, 1.54) is 28.6 Å². The second kappa shape index (κ2) is 6.81. The summed E-state index contributed by atoms with van der Waals surface area (Å²) < 4.78 is 26.8.